The van der Waals surface area contributed by atoms with Gasteiger partial charge in [-0.15, -0.1) is 0 Å². The van der Waals surface area contributed by atoms with Gasteiger partial charge in [-0.05, 0) is 13.3 Å². The maximum atomic E-state index is 9.23. The summed E-state index contributed by atoms with van der Waals surface area (Å²) in [7, 11) is 1.44. The second kappa shape index (κ2) is 5.49. The van der Waals surface area contributed by atoms with E-state index in [1.54, 1.807) is 0 Å². The summed E-state index contributed by atoms with van der Waals surface area (Å²) in [6.07, 6.45) is -1.90. The van der Waals surface area contributed by atoms with Crippen LogP contribution in [0.3, 0.4) is 0 Å². The van der Waals surface area contributed by atoms with E-state index < -0.39 is 18.3 Å². The van der Waals surface area contributed by atoms with E-state index in [2.05, 4.69) is 0 Å². The van der Waals surface area contributed by atoms with Crippen molar-refractivity contribution < 1.29 is 20.1 Å². The van der Waals surface area contributed by atoms with Gasteiger partial charge in [0.25, 0.3) is 0 Å². The van der Waals surface area contributed by atoms with Crippen LogP contribution in [0.25, 0.3) is 0 Å². The molecule has 11 heavy (non-hydrogen) atoms. The summed E-state index contributed by atoms with van der Waals surface area (Å²) >= 11 is 0. The Labute approximate surface area is 66.4 Å². The highest BCUT2D eigenvalue weighted by molar-refractivity contribution is 4.72. The Morgan fingerprint density at radius 3 is 2.18 bits per heavy atom. The molecule has 0 aromatic carbocycles. The molecule has 0 saturated heterocycles. The average molecular weight is 164 g/mol. The van der Waals surface area contributed by atoms with Gasteiger partial charge >= 0.3 is 0 Å². The number of aliphatic hydroxyl groups is 3. The molecular formula is C7H16O4. The van der Waals surface area contributed by atoms with Gasteiger partial charge < -0.3 is 20.1 Å². The van der Waals surface area contributed by atoms with Crippen molar-refractivity contribution in [3.05, 3.63) is 0 Å². The van der Waals surface area contributed by atoms with Crippen LogP contribution in [0.5, 0.6) is 0 Å². The van der Waals surface area contributed by atoms with Crippen LogP contribution in [0.1, 0.15) is 13.3 Å². The van der Waals surface area contributed by atoms with Crippen molar-refractivity contribution in [2.24, 2.45) is 0 Å². The first kappa shape index (κ1) is 10.8. The van der Waals surface area contributed by atoms with Gasteiger partial charge in [0.05, 0.1) is 12.2 Å². The molecule has 0 aliphatic rings. The number of hydrogen-bond donors (Lipinski definition) is 3. The molecule has 0 unspecified atom stereocenters. The molecule has 0 bridgehead atoms. The first-order chi connectivity index (χ1) is 5.13. The Balaban J connectivity index is 3.81. The normalized spacial score (nSPS) is 19.4. The summed E-state index contributed by atoms with van der Waals surface area (Å²) in [4.78, 5) is 0. The summed E-state index contributed by atoms with van der Waals surface area (Å²) in [5, 5.41) is 26.7. The van der Waals surface area contributed by atoms with Crippen molar-refractivity contribution in [3.8, 4) is 0 Å². The summed E-state index contributed by atoms with van der Waals surface area (Å²) in [5.41, 5.74) is 0. The predicted molar refractivity (Wildman–Crippen MR) is 40.2 cm³/mol. The molecule has 0 heterocycles. The van der Waals surface area contributed by atoms with Crippen molar-refractivity contribution in [1.82, 2.24) is 0 Å². The molecule has 0 spiro atoms. The fourth-order valence-corrected chi connectivity index (χ4v) is 0.866. The second-order valence-electron chi connectivity index (χ2n) is 2.52. The molecule has 3 atom stereocenters. The average Bonchev–Trinajstić information content (AvgIpc) is 1.98. The molecule has 0 aromatic rings. The van der Waals surface area contributed by atoms with Crippen LogP contribution in [0.4, 0.5) is 0 Å². The number of aliphatic hydroxyl groups excluding tert-OH is 3. The van der Waals surface area contributed by atoms with Crippen molar-refractivity contribution in [2.45, 2.75) is 31.7 Å². The highest BCUT2D eigenvalue weighted by Gasteiger charge is 2.22. The first-order valence-electron chi connectivity index (χ1n) is 3.63. The summed E-state index contributed by atoms with van der Waals surface area (Å²) in [5.74, 6) is 0. The Bertz CT molecular complexity index is 94.4. The zero-order valence-electron chi connectivity index (χ0n) is 6.90. The molecule has 4 nitrogen and oxygen atoms in total. The molecule has 4 heteroatoms. The zero-order chi connectivity index (χ0) is 8.85. The van der Waals surface area contributed by atoms with Gasteiger partial charge in [-0.2, -0.15) is 0 Å². The van der Waals surface area contributed by atoms with Gasteiger partial charge in [0.1, 0.15) is 6.10 Å². The second-order valence-corrected chi connectivity index (χ2v) is 2.52. The minimum absolute atomic E-state index is 0.0533. The van der Waals surface area contributed by atoms with Crippen LogP contribution in [-0.2, 0) is 4.74 Å². The lowest BCUT2D eigenvalue weighted by Crippen LogP contribution is -2.37. The van der Waals surface area contributed by atoms with Gasteiger partial charge in [-0.25, -0.2) is 0 Å². The lowest BCUT2D eigenvalue weighted by atomic mass is 10.1. The molecular weight excluding hydrogens is 148 g/mol. The van der Waals surface area contributed by atoms with Gasteiger partial charge in [-0.1, -0.05) is 0 Å². The van der Waals surface area contributed by atoms with Crippen LogP contribution in [-0.4, -0.2) is 47.3 Å². The Kier molecular flexibility index (Phi) is 5.41. The molecule has 0 fully saturated rings. The fraction of sp³-hybridized carbons (Fsp3) is 1.00. The van der Waals surface area contributed by atoms with Crippen molar-refractivity contribution in [1.29, 1.82) is 0 Å². The standard InChI is InChI=1S/C7H16O4/c1-5(9)7(10)6(11-2)3-4-8/h5-10H,3-4H2,1-2H3/t5-,6+,7-/m0/s1. The summed E-state index contributed by atoms with van der Waals surface area (Å²) in [6.45, 7) is 1.43. The van der Waals surface area contributed by atoms with Gasteiger partial charge in [0, 0.05) is 13.7 Å². The van der Waals surface area contributed by atoms with E-state index in [0.29, 0.717) is 6.42 Å². The maximum absolute atomic E-state index is 9.23. The van der Waals surface area contributed by atoms with Crippen molar-refractivity contribution in [2.75, 3.05) is 13.7 Å². The highest BCUT2D eigenvalue weighted by Crippen LogP contribution is 2.06. The minimum atomic E-state index is -0.924. The van der Waals surface area contributed by atoms with Gasteiger partial charge in [-0.3, -0.25) is 0 Å². The Morgan fingerprint density at radius 2 is 1.91 bits per heavy atom. The van der Waals surface area contributed by atoms with Crippen molar-refractivity contribution in [3.63, 3.8) is 0 Å². The smallest absolute Gasteiger partial charge is 0.106 e. The largest absolute Gasteiger partial charge is 0.396 e. The summed E-state index contributed by atoms with van der Waals surface area (Å²) < 4.78 is 4.84. The molecule has 0 rings (SSSR count). The predicted octanol–water partition coefficient (Wildman–Crippen LogP) is -0.875. The molecule has 3 N–H and O–H groups in total. The van der Waals surface area contributed by atoms with E-state index in [9.17, 15) is 5.11 Å². The van der Waals surface area contributed by atoms with Crippen LogP contribution in [0.15, 0.2) is 0 Å². The number of hydrogen-bond acceptors (Lipinski definition) is 4. The third kappa shape index (κ3) is 3.67. The lowest BCUT2D eigenvalue weighted by Gasteiger charge is -2.22. The Morgan fingerprint density at radius 1 is 1.36 bits per heavy atom. The van der Waals surface area contributed by atoms with Crippen LogP contribution in [0.2, 0.25) is 0 Å². The molecule has 0 radical (unpaired) electrons. The molecule has 0 amide bonds. The number of methoxy groups -OCH3 is 1. The monoisotopic (exact) mass is 164 g/mol. The molecule has 68 valence electrons. The molecule has 0 aliphatic heterocycles. The fourth-order valence-electron chi connectivity index (χ4n) is 0.866. The van der Waals surface area contributed by atoms with Crippen LogP contribution in [0, 0.1) is 0 Å². The number of rotatable bonds is 5. The molecule has 0 aliphatic carbocycles. The first-order valence-corrected chi connectivity index (χ1v) is 3.63. The highest BCUT2D eigenvalue weighted by atomic mass is 16.5. The van der Waals surface area contributed by atoms with E-state index in [4.69, 9.17) is 14.9 Å². The SMILES string of the molecule is CO[C@H](CCO)[C@@H](O)[C@H](C)O. The van der Waals surface area contributed by atoms with Crippen LogP contribution < -0.4 is 0 Å². The molecule has 0 aromatic heterocycles. The van der Waals surface area contributed by atoms with E-state index in [-0.39, 0.29) is 6.61 Å². The Hall–Kier alpha value is -0.160. The topological polar surface area (TPSA) is 69.9 Å². The van der Waals surface area contributed by atoms with E-state index in [0.717, 1.165) is 0 Å². The van der Waals surface area contributed by atoms with Crippen LogP contribution >= 0.6 is 0 Å². The summed E-state index contributed by atoms with van der Waals surface area (Å²) in [6, 6.07) is 0. The third-order valence-corrected chi connectivity index (χ3v) is 1.59. The zero-order valence-corrected chi connectivity index (χ0v) is 6.90. The lowest BCUT2D eigenvalue weighted by molar-refractivity contribution is -0.0760. The van der Waals surface area contributed by atoms with Crippen molar-refractivity contribution >= 4 is 0 Å². The van der Waals surface area contributed by atoms with E-state index >= 15 is 0 Å². The minimum Gasteiger partial charge on any atom is -0.396 e. The third-order valence-electron chi connectivity index (χ3n) is 1.59. The number of ether oxygens (including phenoxy) is 1. The quantitative estimate of drug-likeness (QED) is 0.494. The van der Waals surface area contributed by atoms with E-state index in [1.165, 1.54) is 14.0 Å². The van der Waals surface area contributed by atoms with Gasteiger partial charge in [0.15, 0.2) is 0 Å². The van der Waals surface area contributed by atoms with Gasteiger partial charge in [0.2, 0.25) is 0 Å². The maximum Gasteiger partial charge on any atom is 0.106 e. The van der Waals surface area contributed by atoms with E-state index in [1.807, 2.05) is 0 Å². The molecule has 0 saturated carbocycles.